The average Bonchev–Trinajstić information content (AvgIpc) is 3.39. The molecular weight excluding hydrogens is 937 g/mol. The second-order valence-electron chi connectivity index (χ2n) is 18.5. The van der Waals surface area contributed by atoms with Crippen molar-refractivity contribution in [3.05, 3.63) is 95.6 Å². The minimum atomic E-state index is -0.672. The number of nitrogens with zero attached hydrogens (tertiary/aromatic N) is 6. The number of carbonyl (C=O) groups is 2. The van der Waals surface area contributed by atoms with E-state index in [0.717, 1.165) is 64.5 Å². The molecule has 0 radical (unpaired) electrons. The molecule has 0 spiro atoms. The number of halogens is 4. The van der Waals surface area contributed by atoms with Crippen molar-refractivity contribution < 1.29 is 46.1 Å². The summed E-state index contributed by atoms with van der Waals surface area (Å²) >= 11 is 0. The number of anilines is 4. The molecule has 2 saturated carbocycles. The number of hydrogen-bond acceptors (Lipinski definition) is 14. The predicted molar refractivity (Wildman–Crippen MR) is 263 cm³/mol. The molecule has 16 nitrogen and oxygen atoms in total. The molecule has 10 rings (SSSR count). The summed E-state index contributed by atoms with van der Waals surface area (Å²) in [5, 5.41) is 12.9. The third-order valence-corrected chi connectivity index (χ3v) is 14.0. The lowest BCUT2D eigenvalue weighted by atomic mass is 9.91. The van der Waals surface area contributed by atoms with Gasteiger partial charge in [-0.1, -0.05) is 0 Å². The Hall–Kier alpha value is -7.06. The Morgan fingerprint density at radius 3 is 1.33 bits per heavy atom. The van der Waals surface area contributed by atoms with E-state index in [1.807, 2.05) is 0 Å². The predicted octanol–water partition coefficient (Wildman–Crippen LogP) is 8.18. The molecule has 0 unspecified atom stereocenters. The van der Waals surface area contributed by atoms with Gasteiger partial charge in [-0.25, -0.2) is 37.5 Å². The highest BCUT2D eigenvalue weighted by Crippen LogP contribution is 2.40. The molecule has 72 heavy (non-hydrogen) atoms. The molecule has 2 aliphatic heterocycles. The van der Waals surface area contributed by atoms with Crippen molar-refractivity contribution in [2.45, 2.75) is 89.5 Å². The fourth-order valence-electron chi connectivity index (χ4n) is 9.96. The minimum Gasteiger partial charge on any atom is -0.493 e. The van der Waals surface area contributed by atoms with Gasteiger partial charge < -0.3 is 40.2 Å². The van der Waals surface area contributed by atoms with E-state index in [1.165, 1.54) is 50.8 Å². The summed E-state index contributed by atoms with van der Waals surface area (Å²) in [7, 11) is 3.15. The van der Waals surface area contributed by atoms with Gasteiger partial charge in [0.1, 0.15) is 35.9 Å². The lowest BCUT2D eigenvalue weighted by molar-refractivity contribution is -0.126. The van der Waals surface area contributed by atoms with Crippen LogP contribution in [0.5, 0.6) is 23.0 Å². The Labute approximate surface area is 414 Å². The average molecular weight is 995 g/mol. The zero-order valence-electron chi connectivity index (χ0n) is 40.6. The summed E-state index contributed by atoms with van der Waals surface area (Å²) in [6, 6.07) is 13.0. The second-order valence-corrected chi connectivity index (χ2v) is 18.5. The largest absolute Gasteiger partial charge is 0.493 e. The SMILES string of the molecule is COc1cc2ncnc(Nc3ccc(F)c(C)c3F)c2cc1OC1CCC(N2CCNC(=O)C2)CC1.COc1cc2ncnc(Nc3ccc(F)c(C)c3F)c2cc1OC1CCC(N2CCNC(=O)C2)CC1. The van der Waals surface area contributed by atoms with Crippen molar-refractivity contribution in [3.63, 3.8) is 0 Å². The van der Waals surface area contributed by atoms with Crippen LogP contribution < -0.4 is 40.2 Å². The molecule has 2 aromatic heterocycles. The molecule has 4 heterocycles. The first-order chi connectivity index (χ1) is 34.8. The van der Waals surface area contributed by atoms with Gasteiger partial charge in [-0.05, 0) is 102 Å². The fourth-order valence-corrected chi connectivity index (χ4v) is 9.96. The maximum Gasteiger partial charge on any atom is 0.234 e. The first-order valence-electron chi connectivity index (χ1n) is 24.3. The highest BCUT2D eigenvalue weighted by Gasteiger charge is 2.32. The van der Waals surface area contributed by atoms with Crippen LogP contribution in [0.15, 0.2) is 61.2 Å². The van der Waals surface area contributed by atoms with E-state index in [-0.39, 0.29) is 46.5 Å². The third-order valence-electron chi connectivity index (χ3n) is 14.0. The molecule has 2 saturated heterocycles. The van der Waals surface area contributed by atoms with E-state index in [2.05, 4.69) is 51.0 Å². The molecule has 4 N–H and O–H groups in total. The maximum atomic E-state index is 14.6. The summed E-state index contributed by atoms with van der Waals surface area (Å²) in [5.41, 5.74) is 1.31. The molecule has 20 heteroatoms. The van der Waals surface area contributed by atoms with Crippen molar-refractivity contribution in [1.82, 2.24) is 40.4 Å². The molecule has 2 amide bonds. The van der Waals surface area contributed by atoms with Crippen molar-refractivity contribution >= 4 is 56.6 Å². The number of methoxy groups -OCH3 is 2. The van der Waals surface area contributed by atoms with Crippen LogP contribution in [0.2, 0.25) is 0 Å². The number of carbonyl (C=O) groups excluding carboxylic acids is 2. The Balaban J connectivity index is 0.000000178. The molecular formula is C52H58F4N10O6. The number of rotatable bonds is 12. The summed E-state index contributed by atoms with van der Waals surface area (Å²) in [6.07, 6.45) is 10.0. The summed E-state index contributed by atoms with van der Waals surface area (Å²) < 4.78 is 80.6. The Bertz CT molecular complexity index is 2760. The Morgan fingerprint density at radius 1 is 0.556 bits per heavy atom. The van der Waals surface area contributed by atoms with Gasteiger partial charge in [-0.15, -0.1) is 0 Å². The van der Waals surface area contributed by atoms with E-state index in [0.29, 0.717) is 94.7 Å². The number of piperazine rings is 2. The first kappa shape index (κ1) is 49.9. The third kappa shape index (κ3) is 11.2. The summed E-state index contributed by atoms with van der Waals surface area (Å²) in [6.45, 7) is 6.85. The van der Waals surface area contributed by atoms with Gasteiger partial charge in [0.15, 0.2) is 34.6 Å². The summed E-state index contributed by atoms with van der Waals surface area (Å²) in [5.74, 6) is 0.577. The van der Waals surface area contributed by atoms with Crippen molar-refractivity contribution in [2.75, 3.05) is 64.1 Å². The lowest BCUT2D eigenvalue weighted by Crippen LogP contribution is -2.52. The van der Waals surface area contributed by atoms with E-state index in [9.17, 15) is 27.2 Å². The normalized spacial score (nSPS) is 20.7. The van der Waals surface area contributed by atoms with Crippen LogP contribution in [0.1, 0.15) is 62.5 Å². The molecule has 6 aromatic rings. The van der Waals surface area contributed by atoms with E-state index >= 15 is 0 Å². The molecule has 4 aromatic carbocycles. The van der Waals surface area contributed by atoms with Gasteiger partial charge in [-0.2, -0.15) is 0 Å². The van der Waals surface area contributed by atoms with E-state index < -0.39 is 23.3 Å². The molecule has 4 aliphatic rings. The molecule has 0 atom stereocenters. The Kier molecular flexibility index (Phi) is 15.4. The van der Waals surface area contributed by atoms with Gasteiger partial charge in [0.05, 0.1) is 61.9 Å². The Morgan fingerprint density at radius 2 is 0.958 bits per heavy atom. The number of fused-ring (bicyclic) bond motifs is 2. The smallest absolute Gasteiger partial charge is 0.234 e. The topological polar surface area (TPSA) is 177 Å². The summed E-state index contributed by atoms with van der Waals surface area (Å²) in [4.78, 5) is 45.2. The van der Waals surface area contributed by atoms with Gasteiger partial charge in [0.2, 0.25) is 11.8 Å². The van der Waals surface area contributed by atoms with Gasteiger partial charge in [-0.3, -0.25) is 19.4 Å². The molecule has 2 aliphatic carbocycles. The highest BCUT2D eigenvalue weighted by atomic mass is 19.1. The number of amides is 2. The quantitative estimate of drug-likeness (QED) is 0.0864. The standard InChI is InChI=1S/2C26H29F2N5O3/c2*1-15-19(27)7-8-20(25(15)28)32-26-18-11-23(22(35-2)12-21(18)30-14-31-26)36-17-5-3-16(4-6-17)33-10-9-29-24(34)13-33/h2*7-8,11-12,14,16-17H,3-6,9-10,13H2,1-2H3,(H,29,34)(H,30,31,32). The minimum absolute atomic E-state index is 0.00412. The van der Waals surface area contributed by atoms with E-state index in [4.69, 9.17) is 18.9 Å². The van der Waals surface area contributed by atoms with Gasteiger partial charge in [0, 0.05) is 72.3 Å². The second kappa shape index (κ2) is 22.1. The van der Waals surface area contributed by atoms with Crippen LogP contribution in [-0.4, -0.2) is 119 Å². The maximum absolute atomic E-state index is 14.6. The number of nitrogens with one attached hydrogen (secondary N) is 4. The van der Waals surface area contributed by atoms with Crippen molar-refractivity contribution in [3.8, 4) is 23.0 Å². The highest BCUT2D eigenvalue weighted by molar-refractivity contribution is 5.94. The number of aromatic nitrogens is 4. The fraction of sp³-hybridized carbons (Fsp3) is 0.423. The van der Waals surface area contributed by atoms with Crippen LogP contribution in [0.4, 0.5) is 40.6 Å². The van der Waals surface area contributed by atoms with Gasteiger partial charge >= 0.3 is 0 Å². The van der Waals surface area contributed by atoms with Crippen LogP contribution >= 0.6 is 0 Å². The van der Waals surface area contributed by atoms with E-state index in [1.54, 1.807) is 38.5 Å². The van der Waals surface area contributed by atoms with Crippen LogP contribution in [0.3, 0.4) is 0 Å². The molecule has 4 fully saturated rings. The molecule has 0 bridgehead atoms. The van der Waals surface area contributed by atoms with Gasteiger partial charge in [0.25, 0.3) is 0 Å². The van der Waals surface area contributed by atoms with Crippen LogP contribution in [0.25, 0.3) is 21.8 Å². The monoisotopic (exact) mass is 994 g/mol. The first-order valence-corrected chi connectivity index (χ1v) is 24.3. The van der Waals surface area contributed by atoms with Crippen LogP contribution in [-0.2, 0) is 9.59 Å². The lowest BCUT2D eigenvalue weighted by Gasteiger charge is -2.38. The number of ether oxygens (including phenoxy) is 4. The molecule has 380 valence electrons. The number of benzene rings is 4. The van der Waals surface area contributed by atoms with Crippen LogP contribution in [0, 0.1) is 37.1 Å². The number of hydrogen-bond donors (Lipinski definition) is 4. The van der Waals surface area contributed by atoms with Crippen molar-refractivity contribution in [2.24, 2.45) is 0 Å². The zero-order valence-corrected chi connectivity index (χ0v) is 40.6. The van der Waals surface area contributed by atoms with Crippen molar-refractivity contribution in [1.29, 1.82) is 0 Å². The zero-order chi connectivity index (χ0) is 50.5.